The molecular weight excluding hydrogens is 294 g/mol. The van der Waals surface area contributed by atoms with Crippen molar-refractivity contribution in [1.29, 1.82) is 0 Å². The number of aromatic nitrogens is 1. The number of benzene rings is 2. The summed E-state index contributed by atoms with van der Waals surface area (Å²) >= 11 is 0. The van der Waals surface area contributed by atoms with Crippen LogP contribution in [-0.2, 0) is 0 Å². The van der Waals surface area contributed by atoms with Crippen molar-refractivity contribution in [2.75, 3.05) is 12.8 Å². The van der Waals surface area contributed by atoms with Crippen LogP contribution in [0, 0.1) is 0 Å². The summed E-state index contributed by atoms with van der Waals surface area (Å²) in [5, 5.41) is 0.680. The molecule has 0 unspecified atom stereocenters. The van der Waals surface area contributed by atoms with Gasteiger partial charge in [0.1, 0.15) is 11.5 Å². The maximum Gasteiger partial charge on any atom is 0.252 e. The summed E-state index contributed by atoms with van der Waals surface area (Å²) in [6.07, 6.45) is 0. The summed E-state index contributed by atoms with van der Waals surface area (Å²) in [7, 11) is 1.46. The second kappa shape index (κ2) is 5.84. The second-order valence-electron chi connectivity index (χ2n) is 4.90. The highest BCUT2D eigenvalue weighted by Crippen LogP contribution is 2.32. The minimum absolute atomic E-state index is 0.246. The van der Waals surface area contributed by atoms with E-state index in [0.717, 1.165) is 0 Å². The normalized spacial score (nSPS) is 10.5. The standard InChI is InChI=1S/C17H15N3O3/c1-22-14-9-13-10(7-12(14)17(19)21)8-15(16(18)20-13)23-11-5-3-2-4-6-11/h2-9H,1H3,(H2,18,20)(H2,19,21). The van der Waals surface area contributed by atoms with Gasteiger partial charge in [-0.2, -0.15) is 0 Å². The quantitative estimate of drug-likeness (QED) is 0.771. The summed E-state index contributed by atoms with van der Waals surface area (Å²) in [6, 6.07) is 14.2. The first-order chi connectivity index (χ1) is 11.1. The molecule has 4 N–H and O–H groups in total. The molecule has 0 bridgehead atoms. The van der Waals surface area contributed by atoms with Gasteiger partial charge in [0.25, 0.3) is 5.91 Å². The van der Waals surface area contributed by atoms with Crippen LogP contribution in [0.4, 0.5) is 5.82 Å². The first kappa shape index (κ1) is 14.6. The highest BCUT2D eigenvalue weighted by molar-refractivity contribution is 6.00. The summed E-state index contributed by atoms with van der Waals surface area (Å²) in [5.41, 5.74) is 12.2. The van der Waals surface area contributed by atoms with Crippen molar-refractivity contribution in [3.8, 4) is 17.2 Å². The fraction of sp³-hybridized carbons (Fsp3) is 0.0588. The molecule has 0 radical (unpaired) electrons. The van der Waals surface area contributed by atoms with E-state index in [1.54, 1.807) is 18.2 Å². The molecule has 0 aliphatic carbocycles. The smallest absolute Gasteiger partial charge is 0.252 e. The number of nitrogen functional groups attached to an aromatic ring is 1. The lowest BCUT2D eigenvalue weighted by atomic mass is 10.1. The van der Waals surface area contributed by atoms with Gasteiger partial charge in [-0.1, -0.05) is 18.2 Å². The molecule has 1 amide bonds. The number of methoxy groups -OCH3 is 1. The Hall–Kier alpha value is -3.28. The number of ether oxygens (including phenoxy) is 2. The lowest BCUT2D eigenvalue weighted by Crippen LogP contribution is -2.12. The van der Waals surface area contributed by atoms with E-state index in [0.29, 0.717) is 28.2 Å². The van der Waals surface area contributed by atoms with E-state index in [-0.39, 0.29) is 11.4 Å². The molecule has 6 heteroatoms. The van der Waals surface area contributed by atoms with Gasteiger partial charge in [0, 0.05) is 11.5 Å². The maximum absolute atomic E-state index is 11.5. The zero-order valence-corrected chi connectivity index (χ0v) is 12.4. The first-order valence-electron chi connectivity index (χ1n) is 6.89. The third kappa shape index (κ3) is 2.87. The molecule has 0 aliphatic rings. The molecule has 0 saturated heterocycles. The Kier molecular flexibility index (Phi) is 3.72. The van der Waals surface area contributed by atoms with E-state index in [9.17, 15) is 4.79 Å². The highest BCUT2D eigenvalue weighted by atomic mass is 16.5. The van der Waals surface area contributed by atoms with Crippen molar-refractivity contribution in [1.82, 2.24) is 4.98 Å². The number of pyridine rings is 1. The predicted octanol–water partition coefficient (Wildman–Crippen LogP) is 2.72. The lowest BCUT2D eigenvalue weighted by Gasteiger charge is -2.11. The van der Waals surface area contributed by atoms with Crippen molar-refractivity contribution in [3.63, 3.8) is 0 Å². The minimum atomic E-state index is -0.578. The molecule has 0 spiro atoms. The van der Waals surface area contributed by atoms with E-state index >= 15 is 0 Å². The number of para-hydroxylation sites is 1. The van der Waals surface area contributed by atoms with Crippen LogP contribution in [0.5, 0.6) is 17.2 Å². The zero-order chi connectivity index (χ0) is 16.4. The number of hydrogen-bond acceptors (Lipinski definition) is 5. The van der Waals surface area contributed by atoms with E-state index in [1.807, 2.05) is 30.3 Å². The van der Waals surface area contributed by atoms with Gasteiger partial charge >= 0.3 is 0 Å². The van der Waals surface area contributed by atoms with Crippen LogP contribution in [0.3, 0.4) is 0 Å². The van der Waals surface area contributed by atoms with Crippen LogP contribution in [0.1, 0.15) is 10.4 Å². The number of carbonyl (C=O) groups is 1. The van der Waals surface area contributed by atoms with Crippen molar-refractivity contribution >= 4 is 22.6 Å². The van der Waals surface area contributed by atoms with E-state index in [1.165, 1.54) is 7.11 Å². The van der Waals surface area contributed by atoms with Gasteiger partial charge < -0.3 is 20.9 Å². The topological polar surface area (TPSA) is 100 Å². The third-order valence-corrected chi connectivity index (χ3v) is 3.37. The van der Waals surface area contributed by atoms with Crippen LogP contribution in [0.25, 0.3) is 10.9 Å². The lowest BCUT2D eigenvalue weighted by molar-refractivity contribution is 0.0997. The van der Waals surface area contributed by atoms with Crippen molar-refractivity contribution in [2.24, 2.45) is 5.73 Å². The van der Waals surface area contributed by atoms with Gasteiger partial charge in [-0.3, -0.25) is 4.79 Å². The molecule has 0 aliphatic heterocycles. The Morgan fingerprint density at radius 2 is 1.83 bits per heavy atom. The number of nitrogens with zero attached hydrogens (tertiary/aromatic N) is 1. The Morgan fingerprint density at radius 1 is 1.09 bits per heavy atom. The van der Waals surface area contributed by atoms with Crippen LogP contribution < -0.4 is 20.9 Å². The number of hydrogen-bond donors (Lipinski definition) is 2. The number of anilines is 1. The molecule has 23 heavy (non-hydrogen) atoms. The molecular formula is C17H15N3O3. The molecule has 3 rings (SSSR count). The van der Waals surface area contributed by atoms with Gasteiger partial charge in [0.15, 0.2) is 11.6 Å². The van der Waals surface area contributed by atoms with Crippen molar-refractivity contribution in [3.05, 3.63) is 54.1 Å². The Morgan fingerprint density at radius 3 is 2.48 bits per heavy atom. The van der Waals surface area contributed by atoms with Crippen LogP contribution in [0.15, 0.2) is 48.5 Å². The molecule has 1 heterocycles. The molecule has 116 valence electrons. The van der Waals surface area contributed by atoms with Gasteiger partial charge in [-0.15, -0.1) is 0 Å². The summed E-state index contributed by atoms with van der Waals surface area (Å²) in [6.45, 7) is 0. The highest BCUT2D eigenvalue weighted by Gasteiger charge is 2.14. The van der Waals surface area contributed by atoms with Crippen LogP contribution in [0.2, 0.25) is 0 Å². The number of fused-ring (bicyclic) bond motifs is 1. The number of primary amides is 1. The average Bonchev–Trinajstić information content (AvgIpc) is 2.55. The second-order valence-corrected chi connectivity index (χ2v) is 4.90. The molecule has 3 aromatic rings. The van der Waals surface area contributed by atoms with Gasteiger partial charge in [0.05, 0.1) is 18.2 Å². The molecule has 0 saturated carbocycles. The fourth-order valence-electron chi connectivity index (χ4n) is 2.26. The number of amides is 1. The number of nitrogens with two attached hydrogens (primary N) is 2. The molecule has 2 aromatic carbocycles. The summed E-state index contributed by atoms with van der Waals surface area (Å²) in [4.78, 5) is 15.8. The summed E-state index contributed by atoms with van der Waals surface area (Å²) in [5.74, 6) is 1.07. The summed E-state index contributed by atoms with van der Waals surface area (Å²) < 4.78 is 10.9. The minimum Gasteiger partial charge on any atom is -0.496 e. The molecule has 6 nitrogen and oxygen atoms in total. The SMILES string of the molecule is COc1cc2nc(N)c(Oc3ccccc3)cc2cc1C(N)=O. The fourth-order valence-corrected chi connectivity index (χ4v) is 2.26. The maximum atomic E-state index is 11.5. The monoisotopic (exact) mass is 309 g/mol. The van der Waals surface area contributed by atoms with Gasteiger partial charge in [0.2, 0.25) is 0 Å². The van der Waals surface area contributed by atoms with E-state index in [4.69, 9.17) is 20.9 Å². The molecule has 1 aromatic heterocycles. The Labute approximate surface area is 132 Å². The van der Waals surface area contributed by atoms with Crippen molar-refractivity contribution in [2.45, 2.75) is 0 Å². The average molecular weight is 309 g/mol. The van der Waals surface area contributed by atoms with Crippen LogP contribution in [-0.4, -0.2) is 18.0 Å². The van der Waals surface area contributed by atoms with Gasteiger partial charge in [-0.25, -0.2) is 4.98 Å². The Balaban J connectivity index is 2.11. The first-order valence-corrected chi connectivity index (χ1v) is 6.89. The van der Waals surface area contributed by atoms with E-state index in [2.05, 4.69) is 4.98 Å². The number of rotatable bonds is 4. The third-order valence-electron chi connectivity index (χ3n) is 3.37. The molecule has 0 fully saturated rings. The van der Waals surface area contributed by atoms with E-state index < -0.39 is 5.91 Å². The molecule has 0 atom stereocenters. The predicted molar refractivity (Wildman–Crippen MR) is 87.7 cm³/mol. The van der Waals surface area contributed by atoms with Crippen LogP contribution >= 0.6 is 0 Å². The Bertz CT molecular complexity index is 879. The number of carbonyl (C=O) groups excluding carboxylic acids is 1. The van der Waals surface area contributed by atoms with Gasteiger partial charge in [-0.05, 0) is 24.3 Å². The van der Waals surface area contributed by atoms with Crippen molar-refractivity contribution < 1.29 is 14.3 Å². The zero-order valence-electron chi connectivity index (χ0n) is 12.4. The largest absolute Gasteiger partial charge is 0.496 e.